The molecule has 0 atom stereocenters. The number of hydrogen-bond acceptors (Lipinski definition) is 7. The first-order chi connectivity index (χ1) is 22.5. The van der Waals surface area contributed by atoms with Crippen molar-refractivity contribution in [3.8, 4) is 11.3 Å². The van der Waals surface area contributed by atoms with Crippen LogP contribution >= 0.6 is 11.3 Å². The van der Waals surface area contributed by atoms with E-state index < -0.39 is 16.7 Å². The molecule has 3 aliphatic heterocycles. The summed E-state index contributed by atoms with van der Waals surface area (Å²) in [6, 6.07) is 10.7. The van der Waals surface area contributed by atoms with Crippen LogP contribution in [0.15, 0.2) is 39.9 Å². The third-order valence-corrected chi connectivity index (χ3v) is 11.8. The van der Waals surface area contributed by atoms with Gasteiger partial charge in [-0.1, -0.05) is 17.2 Å². The number of ketones is 1. The van der Waals surface area contributed by atoms with Crippen LogP contribution in [-0.2, 0) is 16.8 Å². The zero-order valence-electron chi connectivity index (χ0n) is 27.7. The smallest absolute Gasteiger partial charge is 0.325 e. The Hall–Kier alpha value is -3.80. The van der Waals surface area contributed by atoms with Crippen LogP contribution in [0.1, 0.15) is 78.0 Å². The van der Waals surface area contributed by atoms with Gasteiger partial charge in [-0.2, -0.15) is 0 Å². The average Bonchev–Trinajstić information content (AvgIpc) is 3.79. The maximum absolute atomic E-state index is 14.2. The van der Waals surface area contributed by atoms with Gasteiger partial charge in [0.1, 0.15) is 4.83 Å². The standard InChI is InChI=1S/C36H44N6O4S/c1-21-15-22(2)17-23(16-21)32-31(28(43)9-10-40-11-13-41(14-12-40)20-24-18-30(44)38-35(46)37-24)27-19-29(47-33(27)39-32)36(3,4)34(45)42-25-5-6-26(42)8-7-25/h15-19,25-26,39H,5-14,20H2,1-4H3,(H2,37,38,44,46). The highest BCUT2D eigenvalue weighted by atomic mass is 32.1. The summed E-state index contributed by atoms with van der Waals surface area (Å²) >= 11 is 1.60. The minimum atomic E-state index is -0.671. The number of aryl methyl sites for hydroxylation is 2. The Morgan fingerprint density at radius 1 is 0.851 bits per heavy atom. The summed E-state index contributed by atoms with van der Waals surface area (Å²) < 4.78 is 0. The molecule has 2 bridgehead atoms. The number of nitrogens with one attached hydrogen (secondary N) is 3. The molecule has 0 unspecified atom stereocenters. The van der Waals surface area contributed by atoms with Crippen molar-refractivity contribution < 1.29 is 9.59 Å². The maximum atomic E-state index is 14.2. The van der Waals surface area contributed by atoms with Gasteiger partial charge in [-0.05, 0) is 77.1 Å². The van der Waals surface area contributed by atoms with Crippen LogP contribution in [0, 0.1) is 13.8 Å². The van der Waals surface area contributed by atoms with Crippen molar-refractivity contribution in [3.63, 3.8) is 0 Å². The molecule has 1 amide bonds. The number of fused-ring (bicyclic) bond motifs is 3. The molecular formula is C36H44N6O4S. The zero-order valence-corrected chi connectivity index (χ0v) is 28.5. The number of rotatable bonds is 9. The first kappa shape index (κ1) is 31.8. The van der Waals surface area contributed by atoms with E-state index in [1.807, 2.05) is 13.8 Å². The number of aromatic amines is 3. The number of hydrogen-bond donors (Lipinski definition) is 3. The van der Waals surface area contributed by atoms with Crippen molar-refractivity contribution in [2.24, 2.45) is 0 Å². The predicted molar refractivity (Wildman–Crippen MR) is 185 cm³/mol. The Kier molecular flexibility index (Phi) is 8.34. The Morgan fingerprint density at radius 2 is 1.49 bits per heavy atom. The Balaban J connectivity index is 1.11. The quantitative estimate of drug-likeness (QED) is 0.224. The molecule has 4 aromatic rings. The molecule has 3 N–H and O–H groups in total. The topological polar surface area (TPSA) is 125 Å². The fraction of sp³-hybridized carbons (Fsp3) is 0.500. The van der Waals surface area contributed by atoms with E-state index in [4.69, 9.17) is 0 Å². The molecule has 3 fully saturated rings. The normalized spacial score (nSPS) is 20.5. The van der Waals surface area contributed by atoms with E-state index >= 15 is 0 Å². The highest BCUT2D eigenvalue weighted by molar-refractivity contribution is 7.19. The second-order valence-electron chi connectivity index (χ2n) is 14.3. The highest BCUT2D eigenvalue weighted by Gasteiger charge is 2.47. The lowest BCUT2D eigenvalue weighted by atomic mass is 9.88. The second kappa shape index (κ2) is 12.3. The Morgan fingerprint density at radius 3 is 2.13 bits per heavy atom. The van der Waals surface area contributed by atoms with Crippen LogP contribution in [0.25, 0.3) is 21.5 Å². The first-order valence-electron chi connectivity index (χ1n) is 16.8. The molecule has 1 aromatic carbocycles. The van der Waals surface area contributed by atoms with Crippen molar-refractivity contribution in [1.29, 1.82) is 0 Å². The van der Waals surface area contributed by atoms with Crippen LogP contribution in [0.5, 0.6) is 0 Å². The molecule has 7 rings (SSSR count). The molecule has 0 aliphatic carbocycles. The number of amides is 1. The van der Waals surface area contributed by atoms with Gasteiger partial charge in [0.05, 0.1) is 16.7 Å². The van der Waals surface area contributed by atoms with Gasteiger partial charge < -0.3 is 19.8 Å². The van der Waals surface area contributed by atoms with Crippen LogP contribution in [0.4, 0.5) is 0 Å². The van der Waals surface area contributed by atoms with Gasteiger partial charge in [0.25, 0.3) is 5.56 Å². The highest BCUT2D eigenvalue weighted by Crippen LogP contribution is 2.44. The number of carbonyl (C=O) groups excluding carboxylic acids is 2. The number of Topliss-reactive ketones (excluding diaryl/α,β-unsaturated/α-hetero) is 1. The van der Waals surface area contributed by atoms with Crippen LogP contribution < -0.4 is 11.2 Å². The average molecular weight is 657 g/mol. The third kappa shape index (κ3) is 6.16. The molecule has 47 heavy (non-hydrogen) atoms. The van der Waals surface area contributed by atoms with Gasteiger partial charge in [0.2, 0.25) is 5.91 Å². The molecular weight excluding hydrogens is 613 g/mol. The van der Waals surface area contributed by atoms with Crippen molar-refractivity contribution >= 4 is 33.2 Å². The second-order valence-corrected chi connectivity index (χ2v) is 15.4. The Labute approximate surface area is 278 Å². The molecule has 0 spiro atoms. The number of thiophene rings is 1. The fourth-order valence-electron chi connectivity index (χ4n) is 7.99. The van der Waals surface area contributed by atoms with E-state index in [1.54, 1.807) is 11.3 Å². The summed E-state index contributed by atoms with van der Waals surface area (Å²) in [5.74, 6) is 0.304. The van der Waals surface area contributed by atoms with E-state index in [9.17, 15) is 19.2 Å². The summed E-state index contributed by atoms with van der Waals surface area (Å²) in [7, 11) is 0. The minimum absolute atomic E-state index is 0.0972. The molecule has 3 aromatic heterocycles. The number of aromatic nitrogens is 3. The molecule has 3 aliphatic rings. The van der Waals surface area contributed by atoms with E-state index in [1.165, 1.54) is 6.07 Å². The molecule has 0 saturated carbocycles. The molecule has 11 heteroatoms. The van der Waals surface area contributed by atoms with Crippen molar-refractivity contribution in [3.05, 3.63) is 78.4 Å². The number of H-pyrrole nitrogens is 3. The lowest BCUT2D eigenvalue weighted by Gasteiger charge is -2.34. The number of carbonyl (C=O) groups is 2. The van der Waals surface area contributed by atoms with Gasteiger partial charge in [0.15, 0.2) is 5.78 Å². The van der Waals surface area contributed by atoms with E-state index in [0.717, 1.165) is 89.3 Å². The largest absolute Gasteiger partial charge is 0.346 e. The first-order valence-corrected chi connectivity index (χ1v) is 17.7. The molecule has 3 saturated heterocycles. The lowest BCUT2D eigenvalue weighted by Crippen LogP contribution is -2.46. The Bertz CT molecular complexity index is 1890. The number of benzene rings is 1. The molecule has 248 valence electrons. The van der Waals surface area contributed by atoms with Crippen molar-refractivity contribution in [1.82, 2.24) is 29.7 Å². The fourth-order valence-corrected chi connectivity index (χ4v) is 9.15. The van der Waals surface area contributed by atoms with Crippen molar-refractivity contribution in [2.45, 2.75) is 83.8 Å². The van der Waals surface area contributed by atoms with Gasteiger partial charge in [-0.25, -0.2) is 4.79 Å². The van der Waals surface area contributed by atoms with Gasteiger partial charge in [0, 0.05) is 79.8 Å². The minimum Gasteiger partial charge on any atom is -0.346 e. The van der Waals surface area contributed by atoms with Crippen LogP contribution in [0.3, 0.4) is 0 Å². The summed E-state index contributed by atoms with van der Waals surface area (Å²) in [5, 5.41) is 0.908. The molecule has 10 nitrogen and oxygen atoms in total. The van der Waals surface area contributed by atoms with Gasteiger partial charge in [-0.3, -0.25) is 24.3 Å². The van der Waals surface area contributed by atoms with E-state index in [2.05, 4.69) is 67.8 Å². The lowest BCUT2D eigenvalue weighted by molar-refractivity contribution is -0.137. The predicted octanol–water partition coefficient (Wildman–Crippen LogP) is 4.71. The number of piperazine rings is 1. The van der Waals surface area contributed by atoms with Crippen molar-refractivity contribution in [2.75, 3.05) is 32.7 Å². The maximum Gasteiger partial charge on any atom is 0.325 e. The van der Waals surface area contributed by atoms with Crippen LogP contribution in [-0.4, -0.2) is 86.1 Å². The third-order valence-electron chi connectivity index (χ3n) is 10.4. The zero-order chi connectivity index (χ0) is 33.0. The van der Waals surface area contributed by atoms with E-state index in [-0.39, 0.29) is 11.7 Å². The monoisotopic (exact) mass is 656 g/mol. The van der Waals surface area contributed by atoms with Crippen LogP contribution in [0.2, 0.25) is 0 Å². The summed E-state index contributed by atoms with van der Waals surface area (Å²) in [5.41, 5.74) is 3.91. The summed E-state index contributed by atoms with van der Waals surface area (Å²) in [6.07, 6.45) is 4.83. The number of nitrogens with zero attached hydrogens (tertiary/aromatic N) is 3. The molecule has 6 heterocycles. The molecule has 0 radical (unpaired) electrons. The van der Waals surface area contributed by atoms with Gasteiger partial charge in [-0.15, -0.1) is 11.3 Å². The SMILES string of the molecule is Cc1cc(C)cc(-c2[nH]c3sc(C(C)(C)C(=O)N4C5CCC4CC5)cc3c2C(=O)CCN2CCN(Cc3cc(=O)[nH]c(=O)[nH]3)CC2)c1. The van der Waals surface area contributed by atoms with Gasteiger partial charge >= 0.3 is 5.69 Å². The summed E-state index contributed by atoms with van der Waals surface area (Å²) in [6.45, 7) is 12.5. The van der Waals surface area contributed by atoms with E-state index in [0.29, 0.717) is 42.9 Å². The summed E-state index contributed by atoms with van der Waals surface area (Å²) in [4.78, 5) is 68.7.